The molecule has 0 aliphatic carbocycles. The Bertz CT molecular complexity index is 394. The highest BCUT2D eigenvalue weighted by atomic mass is 15.2. The molecule has 106 valence electrons. The summed E-state index contributed by atoms with van der Waals surface area (Å²) in [5.74, 6) is 0. The van der Waals surface area contributed by atoms with Crippen molar-refractivity contribution in [1.29, 1.82) is 0 Å². The minimum Gasteiger partial charge on any atom is -0.370 e. The lowest BCUT2D eigenvalue weighted by atomic mass is 9.98. The van der Waals surface area contributed by atoms with Crippen molar-refractivity contribution in [2.75, 3.05) is 24.5 Å². The van der Waals surface area contributed by atoms with Crippen LogP contribution in [-0.2, 0) is 6.42 Å². The van der Waals surface area contributed by atoms with Crippen LogP contribution in [0.5, 0.6) is 0 Å². The van der Waals surface area contributed by atoms with Gasteiger partial charge in [-0.25, -0.2) is 0 Å². The van der Waals surface area contributed by atoms with Crippen molar-refractivity contribution in [1.82, 2.24) is 5.32 Å². The van der Waals surface area contributed by atoms with Crippen LogP contribution in [0.4, 0.5) is 5.69 Å². The molecule has 1 atom stereocenters. The molecule has 0 fully saturated rings. The highest BCUT2D eigenvalue weighted by Crippen LogP contribution is 2.28. The van der Waals surface area contributed by atoms with E-state index in [1.54, 1.807) is 0 Å². The van der Waals surface area contributed by atoms with Crippen LogP contribution in [0.25, 0.3) is 0 Å². The smallest absolute Gasteiger partial charge is 0.0399 e. The molecular formula is C17H28N2. The van der Waals surface area contributed by atoms with E-state index in [9.17, 15) is 0 Å². The molecule has 0 saturated carbocycles. The number of nitrogens with one attached hydrogen (secondary N) is 1. The van der Waals surface area contributed by atoms with Crippen molar-refractivity contribution in [2.24, 2.45) is 0 Å². The molecule has 0 amide bonds. The third-order valence-electron chi connectivity index (χ3n) is 4.02. The van der Waals surface area contributed by atoms with Gasteiger partial charge in [0.25, 0.3) is 0 Å². The summed E-state index contributed by atoms with van der Waals surface area (Å²) in [4.78, 5) is 2.58. The van der Waals surface area contributed by atoms with Gasteiger partial charge in [-0.1, -0.05) is 38.0 Å². The van der Waals surface area contributed by atoms with Crippen LogP contribution in [0.1, 0.15) is 44.2 Å². The molecule has 1 aromatic carbocycles. The van der Waals surface area contributed by atoms with Gasteiger partial charge in [0.05, 0.1) is 0 Å². The van der Waals surface area contributed by atoms with Crippen LogP contribution < -0.4 is 10.2 Å². The normalized spacial score (nSPS) is 16.3. The second-order valence-corrected chi connectivity index (χ2v) is 5.73. The zero-order valence-corrected chi connectivity index (χ0v) is 12.7. The average Bonchev–Trinajstić information content (AvgIpc) is 2.39. The molecule has 2 rings (SSSR count). The van der Waals surface area contributed by atoms with Gasteiger partial charge >= 0.3 is 0 Å². The van der Waals surface area contributed by atoms with Gasteiger partial charge in [-0.15, -0.1) is 0 Å². The first-order chi connectivity index (χ1) is 9.24. The fraction of sp³-hybridized carbons (Fsp3) is 0.647. The minimum atomic E-state index is 0.627. The molecule has 1 aromatic rings. The number of nitrogens with zero attached hydrogens (tertiary/aromatic N) is 1. The topological polar surface area (TPSA) is 15.3 Å². The zero-order valence-electron chi connectivity index (χ0n) is 12.7. The average molecular weight is 260 g/mol. The van der Waals surface area contributed by atoms with Gasteiger partial charge in [0.15, 0.2) is 0 Å². The maximum atomic E-state index is 3.63. The third-order valence-corrected chi connectivity index (χ3v) is 4.02. The molecule has 19 heavy (non-hydrogen) atoms. The van der Waals surface area contributed by atoms with Gasteiger partial charge in [0, 0.05) is 24.8 Å². The van der Waals surface area contributed by atoms with Gasteiger partial charge in [-0.05, 0) is 44.4 Å². The molecule has 0 spiro atoms. The van der Waals surface area contributed by atoms with Crippen LogP contribution in [0.3, 0.4) is 0 Å². The van der Waals surface area contributed by atoms with Crippen LogP contribution in [0, 0.1) is 6.92 Å². The van der Waals surface area contributed by atoms with E-state index >= 15 is 0 Å². The number of hydrogen-bond acceptors (Lipinski definition) is 2. The fourth-order valence-corrected chi connectivity index (χ4v) is 3.15. The molecule has 2 nitrogen and oxygen atoms in total. The lowest BCUT2D eigenvalue weighted by Gasteiger charge is -2.34. The van der Waals surface area contributed by atoms with E-state index < -0.39 is 0 Å². The van der Waals surface area contributed by atoms with E-state index in [1.165, 1.54) is 49.0 Å². The Labute approximate surface area is 118 Å². The van der Waals surface area contributed by atoms with Crippen molar-refractivity contribution in [3.8, 4) is 0 Å². The summed E-state index contributed by atoms with van der Waals surface area (Å²) in [6.07, 6.45) is 5.06. The predicted octanol–water partition coefficient (Wildman–Crippen LogP) is 3.53. The first-order valence-corrected chi connectivity index (χ1v) is 7.82. The minimum absolute atomic E-state index is 0.627. The van der Waals surface area contributed by atoms with Gasteiger partial charge in [0.1, 0.15) is 0 Å². The zero-order chi connectivity index (χ0) is 13.7. The molecule has 1 unspecified atom stereocenters. The van der Waals surface area contributed by atoms with Crippen LogP contribution in [0.2, 0.25) is 0 Å². The first-order valence-electron chi connectivity index (χ1n) is 7.82. The lowest BCUT2D eigenvalue weighted by Crippen LogP contribution is -2.43. The number of fused-ring (bicyclic) bond motifs is 1. The number of benzene rings is 1. The van der Waals surface area contributed by atoms with Crippen LogP contribution in [0.15, 0.2) is 18.2 Å². The lowest BCUT2D eigenvalue weighted by molar-refractivity contribution is 0.474. The summed E-state index contributed by atoms with van der Waals surface area (Å²) in [6.45, 7) is 10.1. The summed E-state index contributed by atoms with van der Waals surface area (Å²) >= 11 is 0. The SMILES string of the molecule is CCCC(CN1CCCc2cc(C)ccc21)NCC. The second-order valence-electron chi connectivity index (χ2n) is 5.73. The number of hydrogen-bond donors (Lipinski definition) is 1. The largest absolute Gasteiger partial charge is 0.370 e. The summed E-state index contributed by atoms with van der Waals surface area (Å²) in [5, 5.41) is 3.63. The Hall–Kier alpha value is -1.02. The van der Waals surface area contributed by atoms with E-state index in [0.717, 1.165) is 13.1 Å². The molecule has 1 aliphatic rings. The van der Waals surface area contributed by atoms with Gasteiger partial charge in [-0.3, -0.25) is 0 Å². The van der Waals surface area contributed by atoms with Gasteiger partial charge in [0.2, 0.25) is 0 Å². The third kappa shape index (κ3) is 3.73. The van der Waals surface area contributed by atoms with Crippen molar-refractivity contribution in [3.63, 3.8) is 0 Å². The second kappa shape index (κ2) is 6.95. The van der Waals surface area contributed by atoms with E-state index in [0.29, 0.717) is 6.04 Å². The van der Waals surface area contributed by atoms with E-state index in [-0.39, 0.29) is 0 Å². The van der Waals surface area contributed by atoms with Gasteiger partial charge in [-0.2, -0.15) is 0 Å². The Balaban J connectivity index is 2.09. The summed E-state index contributed by atoms with van der Waals surface area (Å²) < 4.78 is 0. The molecule has 0 saturated heterocycles. The maximum Gasteiger partial charge on any atom is 0.0399 e. The maximum absolute atomic E-state index is 3.63. The number of aryl methyl sites for hydroxylation is 2. The Morgan fingerprint density at radius 1 is 1.32 bits per heavy atom. The molecule has 0 aromatic heterocycles. The Kier molecular flexibility index (Phi) is 5.26. The number of anilines is 1. The summed E-state index contributed by atoms with van der Waals surface area (Å²) in [7, 11) is 0. The highest BCUT2D eigenvalue weighted by molar-refractivity contribution is 5.56. The monoisotopic (exact) mass is 260 g/mol. The molecular weight excluding hydrogens is 232 g/mol. The quantitative estimate of drug-likeness (QED) is 0.842. The molecule has 0 bridgehead atoms. The summed E-state index contributed by atoms with van der Waals surface area (Å²) in [5.41, 5.74) is 4.39. The number of rotatable bonds is 6. The predicted molar refractivity (Wildman–Crippen MR) is 84.1 cm³/mol. The fourth-order valence-electron chi connectivity index (χ4n) is 3.15. The molecule has 0 radical (unpaired) electrons. The van der Waals surface area contributed by atoms with Crippen LogP contribution in [-0.4, -0.2) is 25.7 Å². The van der Waals surface area contributed by atoms with Crippen molar-refractivity contribution < 1.29 is 0 Å². The summed E-state index contributed by atoms with van der Waals surface area (Å²) in [6, 6.07) is 7.56. The van der Waals surface area contributed by atoms with E-state index in [4.69, 9.17) is 0 Å². The van der Waals surface area contributed by atoms with Crippen molar-refractivity contribution in [2.45, 2.75) is 52.5 Å². The standard InChI is InChI=1S/C17H28N2/c1-4-7-16(18-5-2)13-19-11-6-8-15-12-14(3)9-10-17(15)19/h9-10,12,16,18H,4-8,11,13H2,1-3H3. The highest BCUT2D eigenvalue weighted by Gasteiger charge is 2.19. The molecule has 2 heteroatoms. The molecule has 1 aliphatic heterocycles. The van der Waals surface area contributed by atoms with Crippen molar-refractivity contribution in [3.05, 3.63) is 29.3 Å². The van der Waals surface area contributed by atoms with Gasteiger partial charge < -0.3 is 10.2 Å². The molecule has 1 N–H and O–H groups in total. The van der Waals surface area contributed by atoms with E-state index in [1.807, 2.05) is 0 Å². The van der Waals surface area contributed by atoms with Crippen molar-refractivity contribution >= 4 is 5.69 Å². The molecule has 1 heterocycles. The van der Waals surface area contributed by atoms with E-state index in [2.05, 4.69) is 49.2 Å². The number of likely N-dealkylation sites (N-methyl/N-ethyl adjacent to an activating group) is 1. The van der Waals surface area contributed by atoms with Crippen LogP contribution >= 0.6 is 0 Å². The Morgan fingerprint density at radius 2 is 2.16 bits per heavy atom. The first kappa shape index (κ1) is 14.4. The Morgan fingerprint density at radius 3 is 2.89 bits per heavy atom.